The van der Waals surface area contributed by atoms with E-state index >= 15 is 0 Å². The number of carbonyl (C=O) groups is 1. The lowest BCUT2D eigenvalue weighted by Gasteiger charge is -2.12. The van der Waals surface area contributed by atoms with Gasteiger partial charge in [-0.3, -0.25) is 9.52 Å². The maximum Gasteiger partial charge on any atom is 0.416 e. The van der Waals surface area contributed by atoms with E-state index < -0.39 is 21.8 Å². The first-order valence-electron chi connectivity index (χ1n) is 10.0. The number of alkyl halides is 3. The van der Waals surface area contributed by atoms with Gasteiger partial charge in [0.25, 0.3) is 10.0 Å². The van der Waals surface area contributed by atoms with Crippen LogP contribution in [0.4, 0.5) is 24.5 Å². The highest BCUT2D eigenvalue weighted by molar-refractivity contribution is 7.92. The molecule has 0 heterocycles. The van der Waals surface area contributed by atoms with Gasteiger partial charge in [0.15, 0.2) is 0 Å². The van der Waals surface area contributed by atoms with Crippen molar-refractivity contribution < 1.29 is 31.1 Å². The van der Waals surface area contributed by atoms with Crippen LogP contribution in [0.5, 0.6) is 5.75 Å². The average molecular weight is 513 g/mol. The zero-order chi connectivity index (χ0) is 24.8. The molecule has 1 amide bonds. The molecule has 3 aromatic carbocycles. The van der Waals surface area contributed by atoms with Gasteiger partial charge in [0.05, 0.1) is 17.1 Å². The summed E-state index contributed by atoms with van der Waals surface area (Å²) in [6.07, 6.45) is -3.95. The van der Waals surface area contributed by atoms with Gasteiger partial charge >= 0.3 is 6.18 Å². The van der Waals surface area contributed by atoms with Crippen molar-refractivity contribution in [3.05, 3.63) is 83.4 Å². The number of anilines is 2. The lowest BCUT2D eigenvalue weighted by Crippen LogP contribution is -2.15. The number of amides is 1. The summed E-state index contributed by atoms with van der Waals surface area (Å²) in [4.78, 5) is 11.9. The van der Waals surface area contributed by atoms with Gasteiger partial charge in [-0.25, -0.2) is 8.42 Å². The van der Waals surface area contributed by atoms with E-state index in [9.17, 15) is 26.4 Å². The Kier molecular flexibility index (Phi) is 8.06. The van der Waals surface area contributed by atoms with Crippen LogP contribution in [0.1, 0.15) is 18.4 Å². The maximum absolute atomic E-state index is 12.8. The number of rotatable bonds is 9. The minimum absolute atomic E-state index is 0.167. The molecule has 2 N–H and O–H groups in total. The molecule has 34 heavy (non-hydrogen) atoms. The van der Waals surface area contributed by atoms with Crippen molar-refractivity contribution in [2.45, 2.75) is 23.9 Å². The second-order valence-electron chi connectivity index (χ2n) is 7.16. The highest BCUT2D eigenvalue weighted by atomic mass is 35.5. The summed E-state index contributed by atoms with van der Waals surface area (Å²) in [6.45, 7) is 0.327. The first kappa shape index (κ1) is 25.4. The second-order valence-corrected chi connectivity index (χ2v) is 9.28. The summed E-state index contributed by atoms with van der Waals surface area (Å²) < 4.78 is 71.2. The molecule has 0 saturated carbocycles. The summed E-state index contributed by atoms with van der Waals surface area (Å²) >= 11 is 5.80. The minimum atomic E-state index is -4.59. The molecule has 0 aliphatic rings. The predicted octanol–water partition coefficient (Wildman–Crippen LogP) is 5.96. The van der Waals surface area contributed by atoms with Crippen LogP contribution in [0.2, 0.25) is 5.02 Å². The van der Waals surface area contributed by atoms with Crippen LogP contribution in [0.25, 0.3) is 0 Å². The van der Waals surface area contributed by atoms with Gasteiger partial charge in [0, 0.05) is 22.8 Å². The van der Waals surface area contributed by atoms with Crippen LogP contribution >= 0.6 is 11.6 Å². The zero-order valence-corrected chi connectivity index (χ0v) is 19.2. The van der Waals surface area contributed by atoms with Crippen LogP contribution in [0.15, 0.2) is 77.7 Å². The Morgan fingerprint density at radius 1 is 0.941 bits per heavy atom. The SMILES string of the molecule is O=C(CCCOc1ccc(Cl)cc1)Nc1ccc(S(=O)(=O)Nc2cccc(C(F)(F)F)c2)cc1. The molecule has 0 saturated heterocycles. The van der Waals surface area contributed by atoms with Gasteiger partial charge in [-0.2, -0.15) is 13.2 Å². The van der Waals surface area contributed by atoms with Gasteiger partial charge in [-0.15, -0.1) is 0 Å². The molecular weight excluding hydrogens is 493 g/mol. The van der Waals surface area contributed by atoms with Crippen molar-refractivity contribution in [1.82, 2.24) is 0 Å². The maximum atomic E-state index is 12.8. The van der Waals surface area contributed by atoms with Gasteiger partial charge in [-0.05, 0) is 73.2 Å². The molecule has 0 aliphatic heterocycles. The number of benzene rings is 3. The molecule has 0 aromatic heterocycles. The average Bonchev–Trinajstić information content (AvgIpc) is 2.78. The van der Waals surface area contributed by atoms with Gasteiger partial charge in [-0.1, -0.05) is 17.7 Å². The molecular formula is C23H20ClF3N2O4S. The molecule has 0 spiro atoms. The van der Waals surface area contributed by atoms with Gasteiger partial charge < -0.3 is 10.1 Å². The minimum Gasteiger partial charge on any atom is -0.494 e. The molecule has 11 heteroatoms. The summed E-state index contributed by atoms with van der Waals surface area (Å²) in [5.74, 6) is 0.359. The van der Waals surface area contributed by atoms with Gasteiger partial charge in [0.2, 0.25) is 5.91 Å². The second kappa shape index (κ2) is 10.8. The van der Waals surface area contributed by atoms with Crippen molar-refractivity contribution in [2.75, 3.05) is 16.6 Å². The van der Waals surface area contributed by atoms with E-state index in [2.05, 4.69) is 10.0 Å². The van der Waals surface area contributed by atoms with E-state index in [4.69, 9.17) is 16.3 Å². The molecule has 0 aliphatic carbocycles. The molecule has 0 unspecified atom stereocenters. The topological polar surface area (TPSA) is 84.5 Å². The molecule has 0 radical (unpaired) electrons. The number of sulfonamides is 1. The Balaban J connectivity index is 1.51. The van der Waals surface area contributed by atoms with Crippen LogP contribution in [-0.4, -0.2) is 20.9 Å². The van der Waals surface area contributed by atoms with Crippen LogP contribution < -0.4 is 14.8 Å². The third-order valence-corrected chi connectivity index (χ3v) is 6.17. The Bertz CT molecular complexity index is 1230. The fraction of sp³-hybridized carbons (Fsp3) is 0.174. The number of halogens is 4. The highest BCUT2D eigenvalue weighted by Crippen LogP contribution is 2.31. The fourth-order valence-electron chi connectivity index (χ4n) is 2.87. The van der Waals surface area contributed by atoms with E-state index in [0.717, 1.165) is 12.1 Å². The molecule has 0 fully saturated rings. The Morgan fingerprint density at radius 2 is 1.62 bits per heavy atom. The molecule has 3 aromatic rings. The van der Waals surface area contributed by atoms with E-state index in [-0.39, 0.29) is 22.9 Å². The molecule has 180 valence electrons. The van der Waals surface area contributed by atoms with Crippen molar-refractivity contribution in [3.63, 3.8) is 0 Å². The third kappa shape index (κ3) is 7.39. The molecule has 0 atom stereocenters. The predicted molar refractivity (Wildman–Crippen MR) is 124 cm³/mol. The summed E-state index contributed by atoms with van der Waals surface area (Å²) in [5, 5.41) is 3.24. The van der Waals surface area contributed by atoms with E-state index in [1.807, 2.05) is 0 Å². The number of ether oxygens (including phenoxy) is 1. The smallest absolute Gasteiger partial charge is 0.416 e. The first-order valence-corrected chi connectivity index (χ1v) is 11.9. The summed E-state index contributed by atoms with van der Waals surface area (Å²) in [7, 11) is -4.12. The highest BCUT2D eigenvalue weighted by Gasteiger charge is 2.30. The number of hydrogen-bond acceptors (Lipinski definition) is 4. The van der Waals surface area contributed by atoms with Crippen molar-refractivity contribution in [2.24, 2.45) is 0 Å². The van der Waals surface area contributed by atoms with Crippen molar-refractivity contribution >= 4 is 38.9 Å². The van der Waals surface area contributed by atoms with Crippen molar-refractivity contribution in [1.29, 1.82) is 0 Å². The zero-order valence-electron chi connectivity index (χ0n) is 17.6. The summed E-state index contributed by atoms with van der Waals surface area (Å²) in [5.41, 5.74) is -0.806. The number of carbonyl (C=O) groups excluding carboxylic acids is 1. The number of nitrogens with one attached hydrogen (secondary N) is 2. The van der Waals surface area contributed by atoms with E-state index in [1.165, 1.54) is 30.3 Å². The first-order chi connectivity index (χ1) is 16.0. The van der Waals surface area contributed by atoms with Crippen molar-refractivity contribution in [3.8, 4) is 5.75 Å². The summed E-state index contributed by atoms with van der Waals surface area (Å²) in [6, 6.07) is 16.0. The van der Waals surface area contributed by atoms with E-state index in [1.54, 1.807) is 24.3 Å². The lowest BCUT2D eigenvalue weighted by molar-refractivity contribution is -0.137. The Hall–Kier alpha value is -3.24. The Labute approximate surface area is 199 Å². The van der Waals surface area contributed by atoms with E-state index in [0.29, 0.717) is 35.6 Å². The normalized spacial score (nSPS) is 11.6. The standard InChI is InChI=1S/C23H20ClF3N2O4S/c24-17-6-10-20(11-7-17)33-14-2-5-22(30)28-18-8-12-21(13-9-18)34(31,32)29-19-4-1-3-16(15-19)23(25,26)27/h1,3-4,6-13,15,29H,2,5,14H2,(H,28,30). The lowest BCUT2D eigenvalue weighted by atomic mass is 10.2. The van der Waals surface area contributed by atoms with Gasteiger partial charge in [0.1, 0.15) is 5.75 Å². The quantitative estimate of drug-likeness (QED) is 0.347. The molecule has 3 rings (SSSR count). The van der Waals surface area contributed by atoms with Crippen LogP contribution in [0.3, 0.4) is 0 Å². The molecule has 0 bridgehead atoms. The molecule has 6 nitrogen and oxygen atoms in total. The number of hydrogen-bond donors (Lipinski definition) is 2. The fourth-order valence-corrected chi connectivity index (χ4v) is 4.04. The Morgan fingerprint density at radius 3 is 2.26 bits per heavy atom. The third-order valence-electron chi connectivity index (χ3n) is 4.52. The largest absolute Gasteiger partial charge is 0.494 e. The van der Waals surface area contributed by atoms with Crippen LogP contribution in [-0.2, 0) is 21.0 Å². The van der Waals surface area contributed by atoms with Crippen LogP contribution in [0, 0.1) is 0 Å². The monoisotopic (exact) mass is 512 g/mol.